The lowest BCUT2D eigenvalue weighted by molar-refractivity contribution is -0.137. The quantitative estimate of drug-likeness (QED) is 0.911. The Bertz CT molecular complexity index is 505. The van der Waals surface area contributed by atoms with Gasteiger partial charge in [0.1, 0.15) is 5.76 Å². The van der Waals surface area contributed by atoms with E-state index in [9.17, 15) is 13.2 Å². The van der Waals surface area contributed by atoms with Crippen LogP contribution in [0.4, 0.5) is 13.2 Å². The van der Waals surface area contributed by atoms with Gasteiger partial charge < -0.3 is 9.73 Å². The molecule has 19 heavy (non-hydrogen) atoms. The summed E-state index contributed by atoms with van der Waals surface area (Å²) in [6.07, 6.45) is -0.925. The van der Waals surface area contributed by atoms with Gasteiger partial charge in [0.05, 0.1) is 30.6 Å². The molecule has 0 spiro atoms. The van der Waals surface area contributed by atoms with Gasteiger partial charge in [0.15, 0.2) is 0 Å². The summed E-state index contributed by atoms with van der Waals surface area (Å²) in [5, 5.41) is 6.83. The number of halogens is 3. The van der Waals surface area contributed by atoms with Crippen molar-refractivity contribution in [3.63, 3.8) is 0 Å². The number of hydrogen-bond donors (Lipinski definition) is 1. The molecule has 0 fully saturated rings. The van der Waals surface area contributed by atoms with Crippen molar-refractivity contribution in [3.05, 3.63) is 42.1 Å². The average Bonchev–Trinajstić information content (AvgIpc) is 2.99. The van der Waals surface area contributed by atoms with Crippen LogP contribution in [-0.2, 0) is 12.7 Å². The van der Waals surface area contributed by atoms with Crippen molar-refractivity contribution in [2.75, 3.05) is 6.54 Å². The zero-order chi connectivity index (χ0) is 13.9. The summed E-state index contributed by atoms with van der Waals surface area (Å²) < 4.78 is 43.7. The second kappa shape index (κ2) is 5.48. The van der Waals surface area contributed by atoms with Gasteiger partial charge in [0.2, 0.25) is 0 Å². The Morgan fingerprint density at radius 3 is 2.84 bits per heavy atom. The van der Waals surface area contributed by atoms with Crippen LogP contribution in [0.2, 0.25) is 0 Å². The van der Waals surface area contributed by atoms with Crippen LogP contribution in [0.5, 0.6) is 0 Å². The molecule has 0 saturated carbocycles. The third-order valence-corrected chi connectivity index (χ3v) is 2.70. The van der Waals surface area contributed by atoms with Gasteiger partial charge in [-0.15, -0.1) is 0 Å². The van der Waals surface area contributed by atoms with Crippen molar-refractivity contribution in [3.8, 4) is 0 Å². The molecule has 0 bridgehead atoms. The fourth-order valence-electron chi connectivity index (χ4n) is 1.64. The van der Waals surface area contributed by atoms with Gasteiger partial charge in [-0.25, -0.2) is 0 Å². The summed E-state index contributed by atoms with van der Waals surface area (Å²) in [5.41, 5.74) is -0.731. The van der Waals surface area contributed by atoms with E-state index in [-0.39, 0.29) is 6.04 Å². The third-order valence-electron chi connectivity index (χ3n) is 2.70. The summed E-state index contributed by atoms with van der Waals surface area (Å²) >= 11 is 0. The molecule has 0 aliphatic carbocycles. The molecule has 1 N–H and O–H groups in total. The van der Waals surface area contributed by atoms with E-state index in [0.717, 1.165) is 18.2 Å². The zero-order valence-corrected chi connectivity index (χ0v) is 10.3. The fraction of sp³-hybridized carbons (Fsp3) is 0.417. The van der Waals surface area contributed by atoms with Crippen molar-refractivity contribution in [2.24, 2.45) is 0 Å². The number of rotatable bonds is 5. The molecule has 0 radical (unpaired) electrons. The first-order chi connectivity index (χ1) is 8.97. The highest BCUT2D eigenvalue weighted by Crippen LogP contribution is 2.28. The van der Waals surface area contributed by atoms with Gasteiger partial charge in [-0.2, -0.15) is 18.3 Å². The summed E-state index contributed by atoms with van der Waals surface area (Å²) in [6.45, 7) is 2.83. The number of furan rings is 1. The number of alkyl halides is 3. The van der Waals surface area contributed by atoms with Crippen molar-refractivity contribution < 1.29 is 17.6 Å². The summed E-state index contributed by atoms with van der Waals surface area (Å²) in [4.78, 5) is 0. The number of nitrogens with one attached hydrogen (secondary N) is 1. The lowest BCUT2D eigenvalue weighted by atomic mass is 10.3. The Kier molecular flexibility index (Phi) is 3.94. The topological polar surface area (TPSA) is 43.0 Å². The normalized spacial score (nSPS) is 13.7. The van der Waals surface area contributed by atoms with Crippen LogP contribution in [0.1, 0.15) is 24.3 Å². The Labute approximate surface area is 108 Å². The molecule has 4 nitrogen and oxygen atoms in total. The van der Waals surface area contributed by atoms with E-state index in [4.69, 9.17) is 4.42 Å². The summed E-state index contributed by atoms with van der Waals surface area (Å²) in [5.74, 6) is 0.781. The van der Waals surface area contributed by atoms with Gasteiger partial charge in [-0.3, -0.25) is 4.68 Å². The number of nitrogens with zero attached hydrogens (tertiary/aromatic N) is 2. The first-order valence-electron chi connectivity index (χ1n) is 5.81. The zero-order valence-electron chi connectivity index (χ0n) is 10.3. The molecular formula is C12H14F3N3O. The molecule has 2 aromatic rings. The van der Waals surface area contributed by atoms with E-state index in [1.54, 1.807) is 19.3 Å². The molecule has 2 rings (SSSR count). The Hall–Kier alpha value is -1.76. The second-order valence-electron chi connectivity index (χ2n) is 4.27. The fourth-order valence-corrected chi connectivity index (χ4v) is 1.64. The number of aromatic nitrogens is 2. The Balaban J connectivity index is 1.86. The third kappa shape index (κ3) is 3.60. The lowest BCUT2D eigenvalue weighted by Gasteiger charge is -2.12. The molecule has 0 saturated heterocycles. The van der Waals surface area contributed by atoms with Gasteiger partial charge in [0, 0.05) is 12.7 Å². The maximum absolute atomic E-state index is 12.4. The van der Waals surface area contributed by atoms with E-state index in [1.807, 2.05) is 6.07 Å². The maximum atomic E-state index is 12.4. The SMILES string of the molecule is CC(CNCc1ccco1)n1cc(C(F)(F)F)cn1. The van der Waals surface area contributed by atoms with E-state index in [0.29, 0.717) is 13.1 Å². The summed E-state index contributed by atoms with van der Waals surface area (Å²) in [7, 11) is 0. The predicted octanol–water partition coefficient (Wildman–Crippen LogP) is 2.85. The van der Waals surface area contributed by atoms with Crippen LogP contribution in [0.3, 0.4) is 0 Å². The van der Waals surface area contributed by atoms with Crippen molar-refractivity contribution in [1.29, 1.82) is 0 Å². The van der Waals surface area contributed by atoms with Crippen molar-refractivity contribution >= 4 is 0 Å². The molecular weight excluding hydrogens is 259 g/mol. The molecule has 0 aliphatic heterocycles. The van der Waals surface area contributed by atoms with E-state index >= 15 is 0 Å². The monoisotopic (exact) mass is 273 g/mol. The Morgan fingerprint density at radius 1 is 1.47 bits per heavy atom. The van der Waals surface area contributed by atoms with Crippen molar-refractivity contribution in [2.45, 2.75) is 25.7 Å². The van der Waals surface area contributed by atoms with E-state index in [1.165, 1.54) is 4.68 Å². The largest absolute Gasteiger partial charge is 0.468 e. The van der Waals surface area contributed by atoms with Crippen LogP contribution in [0, 0.1) is 0 Å². The molecule has 104 valence electrons. The predicted molar refractivity (Wildman–Crippen MR) is 62.4 cm³/mol. The van der Waals surface area contributed by atoms with Crippen LogP contribution in [0.15, 0.2) is 35.2 Å². The Morgan fingerprint density at radius 2 is 2.26 bits per heavy atom. The van der Waals surface area contributed by atoms with Crippen LogP contribution in [-0.4, -0.2) is 16.3 Å². The van der Waals surface area contributed by atoms with Gasteiger partial charge in [-0.05, 0) is 19.1 Å². The molecule has 1 atom stereocenters. The van der Waals surface area contributed by atoms with Crippen LogP contribution >= 0.6 is 0 Å². The molecule has 0 aromatic carbocycles. The number of hydrogen-bond acceptors (Lipinski definition) is 3. The smallest absolute Gasteiger partial charge is 0.419 e. The van der Waals surface area contributed by atoms with Gasteiger partial charge >= 0.3 is 6.18 Å². The second-order valence-corrected chi connectivity index (χ2v) is 4.27. The minimum atomic E-state index is -4.35. The van der Waals surface area contributed by atoms with Gasteiger partial charge in [-0.1, -0.05) is 0 Å². The molecule has 7 heteroatoms. The van der Waals surface area contributed by atoms with Crippen LogP contribution < -0.4 is 5.32 Å². The molecule has 2 aromatic heterocycles. The van der Waals surface area contributed by atoms with Crippen LogP contribution in [0.25, 0.3) is 0 Å². The lowest BCUT2D eigenvalue weighted by Crippen LogP contribution is -2.23. The molecule has 0 aliphatic rings. The highest BCUT2D eigenvalue weighted by molar-refractivity contribution is 5.08. The molecule has 2 heterocycles. The van der Waals surface area contributed by atoms with E-state index < -0.39 is 11.7 Å². The van der Waals surface area contributed by atoms with Crippen molar-refractivity contribution in [1.82, 2.24) is 15.1 Å². The highest BCUT2D eigenvalue weighted by Gasteiger charge is 2.32. The van der Waals surface area contributed by atoms with Gasteiger partial charge in [0.25, 0.3) is 0 Å². The highest BCUT2D eigenvalue weighted by atomic mass is 19.4. The maximum Gasteiger partial charge on any atom is 0.419 e. The molecule has 1 unspecified atom stereocenters. The van der Waals surface area contributed by atoms with E-state index in [2.05, 4.69) is 10.4 Å². The summed E-state index contributed by atoms with van der Waals surface area (Å²) in [6, 6.07) is 3.43. The molecule has 0 amide bonds. The minimum absolute atomic E-state index is 0.175. The minimum Gasteiger partial charge on any atom is -0.468 e. The average molecular weight is 273 g/mol. The standard InChI is InChI=1S/C12H14F3N3O/c1-9(5-16-7-11-3-2-4-19-11)18-8-10(6-17-18)12(13,14)15/h2-4,6,8-9,16H,5,7H2,1H3. The first kappa shape index (κ1) is 13.7. The first-order valence-corrected chi connectivity index (χ1v) is 5.81.